The van der Waals surface area contributed by atoms with Crippen LogP contribution in [0.5, 0.6) is 0 Å². The third-order valence-corrected chi connectivity index (χ3v) is 2.58. The molecule has 0 aliphatic heterocycles. The van der Waals surface area contributed by atoms with Crippen LogP contribution in [0, 0.1) is 0 Å². The van der Waals surface area contributed by atoms with Crippen LogP contribution in [0.3, 0.4) is 0 Å². The monoisotopic (exact) mass is 231 g/mol. The summed E-state index contributed by atoms with van der Waals surface area (Å²) in [5.41, 5.74) is 8.91. The van der Waals surface area contributed by atoms with Crippen LogP contribution in [-0.2, 0) is 19.6 Å². The number of aromatic nitrogens is 1. The number of hydrogen-bond donors (Lipinski definition) is 1. The maximum absolute atomic E-state index is 5.57. The molecule has 0 atom stereocenters. The third kappa shape index (κ3) is 3.41. The number of rotatable bonds is 5. The highest BCUT2D eigenvalue weighted by atomic mass is 16.3. The molecule has 0 unspecified atom stereocenters. The largest absolute Gasteiger partial charge is 0.472 e. The molecule has 17 heavy (non-hydrogen) atoms. The average Bonchev–Trinajstić information content (AvgIpc) is 2.82. The van der Waals surface area contributed by atoms with Crippen LogP contribution in [0.1, 0.15) is 16.8 Å². The molecule has 4 heteroatoms. The van der Waals surface area contributed by atoms with Crippen molar-refractivity contribution >= 4 is 0 Å². The molecule has 0 amide bonds. The predicted octanol–water partition coefficient (Wildman–Crippen LogP) is 1.77. The minimum Gasteiger partial charge on any atom is -0.472 e. The van der Waals surface area contributed by atoms with Crippen molar-refractivity contribution < 1.29 is 4.42 Å². The van der Waals surface area contributed by atoms with Crippen LogP contribution < -0.4 is 5.73 Å². The van der Waals surface area contributed by atoms with Crippen LogP contribution in [0.25, 0.3) is 0 Å². The van der Waals surface area contributed by atoms with E-state index >= 15 is 0 Å². The molecule has 2 N–H and O–H groups in total. The number of nitrogens with two attached hydrogens (primary N) is 1. The standard InChI is InChI=1S/C13H17N3O/c1-16(9-12-3-5-17-10-12)8-11-2-4-15-13(6-11)7-14/h2-6,10H,7-9,14H2,1H3. The van der Waals surface area contributed by atoms with E-state index in [1.807, 2.05) is 24.4 Å². The van der Waals surface area contributed by atoms with Crippen LogP contribution >= 0.6 is 0 Å². The molecule has 0 spiro atoms. The van der Waals surface area contributed by atoms with Gasteiger partial charge >= 0.3 is 0 Å². The van der Waals surface area contributed by atoms with Gasteiger partial charge in [-0.2, -0.15) is 0 Å². The molecule has 90 valence electrons. The van der Waals surface area contributed by atoms with Gasteiger partial charge in [0, 0.05) is 31.4 Å². The van der Waals surface area contributed by atoms with Gasteiger partial charge in [0.2, 0.25) is 0 Å². The molecule has 2 rings (SSSR count). The fraction of sp³-hybridized carbons (Fsp3) is 0.308. The van der Waals surface area contributed by atoms with Crippen LogP contribution in [-0.4, -0.2) is 16.9 Å². The zero-order chi connectivity index (χ0) is 12.1. The van der Waals surface area contributed by atoms with Gasteiger partial charge in [0.05, 0.1) is 18.2 Å². The van der Waals surface area contributed by atoms with E-state index in [1.54, 1.807) is 12.5 Å². The Hall–Kier alpha value is -1.65. The Bertz CT molecular complexity index is 453. The van der Waals surface area contributed by atoms with Crippen molar-refractivity contribution in [3.63, 3.8) is 0 Å². The number of hydrogen-bond acceptors (Lipinski definition) is 4. The Morgan fingerprint density at radius 1 is 1.29 bits per heavy atom. The van der Waals surface area contributed by atoms with Gasteiger partial charge in [0.1, 0.15) is 0 Å². The van der Waals surface area contributed by atoms with E-state index < -0.39 is 0 Å². The van der Waals surface area contributed by atoms with Gasteiger partial charge in [-0.05, 0) is 30.8 Å². The van der Waals surface area contributed by atoms with E-state index in [0.717, 1.165) is 18.8 Å². The van der Waals surface area contributed by atoms with Crippen LogP contribution in [0.15, 0.2) is 41.3 Å². The zero-order valence-electron chi connectivity index (χ0n) is 9.97. The van der Waals surface area contributed by atoms with Gasteiger partial charge < -0.3 is 10.2 Å². The predicted molar refractivity (Wildman–Crippen MR) is 66.0 cm³/mol. The lowest BCUT2D eigenvalue weighted by molar-refractivity contribution is 0.317. The maximum atomic E-state index is 5.57. The summed E-state index contributed by atoms with van der Waals surface area (Å²) < 4.78 is 5.05. The summed E-state index contributed by atoms with van der Waals surface area (Å²) in [6.45, 7) is 2.23. The molecule has 0 aromatic carbocycles. The minimum atomic E-state index is 0.485. The summed E-state index contributed by atoms with van der Waals surface area (Å²) in [6.07, 6.45) is 5.28. The van der Waals surface area contributed by atoms with E-state index in [9.17, 15) is 0 Å². The average molecular weight is 231 g/mol. The first kappa shape index (κ1) is 11.8. The summed E-state index contributed by atoms with van der Waals surface area (Å²) >= 11 is 0. The molecular weight excluding hydrogens is 214 g/mol. The minimum absolute atomic E-state index is 0.485. The Labute approximate surface area is 101 Å². The maximum Gasteiger partial charge on any atom is 0.0947 e. The van der Waals surface area contributed by atoms with Gasteiger partial charge in [0.25, 0.3) is 0 Å². The molecule has 0 fully saturated rings. The van der Waals surface area contributed by atoms with Crippen molar-refractivity contribution in [2.24, 2.45) is 5.73 Å². The van der Waals surface area contributed by atoms with Gasteiger partial charge in [-0.1, -0.05) is 0 Å². The summed E-state index contributed by atoms with van der Waals surface area (Å²) in [6, 6.07) is 6.05. The van der Waals surface area contributed by atoms with E-state index in [-0.39, 0.29) is 0 Å². The molecule has 0 saturated carbocycles. The second-order valence-corrected chi connectivity index (χ2v) is 4.16. The molecule has 2 aromatic rings. The first-order chi connectivity index (χ1) is 8.28. The van der Waals surface area contributed by atoms with Crippen molar-refractivity contribution in [2.75, 3.05) is 7.05 Å². The quantitative estimate of drug-likeness (QED) is 0.852. The number of furan rings is 1. The summed E-state index contributed by atoms with van der Waals surface area (Å²) in [4.78, 5) is 6.41. The van der Waals surface area contributed by atoms with Gasteiger partial charge in [0.15, 0.2) is 0 Å². The van der Waals surface area contributed by atoms with Gasteiger partial charge in [-0.3, -0.25) is 9.88 Å². The Kier molecular flexibility index (Phi) is 3.90. The van der Waals surface area contributed by atoms with Crippen molar-refractivity contribution in [1.82, 2.24) is 9.88 Å². The molecule has 0 radical (unpaired) electrons. The smallest absolute Gasteiger partial charge is 0.0947 e. The summed E-state index contributed by atoms with van der Waals surface area (Å²) in [7, 11) is 2.08. The van der Waals surface area contributed by atoms with E-state index in [2.05, 4.69) is 16.9 Å². The van der Waals surface area contributed by atoms with Crippen LogP contribution in [0.2, 0.25) is 0 Å². The van der Waals surface area contributed by atoms with Crippen molar-refractivity contribution in [2.45, 2.75) is 19.6 Å². The first-order valence-corrected chi connectivity index (χ1v) is 5.61. The van der Waals surface area contributed by atoms with Crippen LogP contribution in [0.4, 0.5) is 0 Å². The fourth-order valence-electron chi connectivity index (χ4n) is 1.80. The molecule has 0 saturated heterocycles. The zero-order valence-corrected chi connectivity index (χ0v) is 9.97. The van der Waals surface area contributed by atoms with E-state index in [1.165, 1.54) is 11.1 Å². The molecule has 4 nitrogen and oxygen atoms in total. The Morgan fingerprint density at radius 2 is 2.12 bits per heavy atom. The second-order valence-electron chi connectivity index (χ2n) is 4.16. The topological polar surface area (TPSA) is 55.3 Å². The lowest BCUT2D eigenvalue weighted by Gasteiger charge is -2.15. The summed E-state index contributed by atoms with van der Waals surface area (Å²) in [5.74, 6) is 0. The third-order valence-electron chi connectivity index (χ3n) is 2.58. The first-order valence-electron chi connectivity index (χ1n) is 5.61. The van der Waals surface area contributed by atoms with Crippen molar-refractivity contribution in [3.8, 4) is 0 Å². The fourth-order valence-corrected chi connectivity index (χ4v) is 1.80. The van der Waals surface area contributed by atoms with Gasteiger partial charge in [-0.25, -0.2) is 0 Å². The molecule has 0 bridgehead atoms. The Morgan fingerprint density at radius 3 is 2.82 bits per heavy atom. The molecule has 0 aliphatic rings. The lowest BCUT2D eigenvalue weighted by atomic mass is 10.2. The summed E-state index contributed by atoms with van der Waals surface area (Å²) in [5, 5.41) is 0. The van der Waals surface area contributed by atoms with E-state index in [0.29, 0.717) is 6.54 Å². The van der Waals surface area contributed by atoms with E-state index in [4.69, 9.17) is 10.2 Å². The molecular formula is C13H17N3O. The number of nitrogens with zero attached hydrogens (tertiary/aromatic N) is 2. The second kappa shape index (κ2) is 5.61. The highest BCUT2D eigenvalue weighted by molar-refractivity contribution is 5.16. The highest BCUT2D eigenvalue weighted by Gasteiger charge is 2.03. The lowest BCUT2D eigenvalue weighted by Crippen LogP contribution is -2.17. The van der Waals surface area contributed by atoms with Gasteiger partial charge in [-0.15, -0.1) is 0 Å². The highest BCUT2D eigenvalue weighted by Crippen LogP contribution is 2.09. The number of pyridine rings is 1. The molecule has 0 aliphatic carbocycles. The Balaban J connectivity index is 1.95. The molecule has 2 aromatic heterocycles. The SMILES string of the molecule is CN(Cc1ccoc1)Cc1ccnc(CN)c1. The molecule has 2 heterocycles. The van der Waals surface area contributed by atoms with Crippen molar-refractivity contribution in [3.05, 3.63) is 53.7 Å². The van der Waals surface area contributed by atoms with Crippen molar-refractivity contribution in [1.29, 1.82) is 0 Å². The normalized spacial score (nSPS) is 11.0.